The molecule has 3 rings (SSSR count). The van der Waals surface area contributed by atoms with Gasteiger partial charge in [-0.05, 0) is 6.42 Å². The van der Waals surface area contributed by atoms with Crippen molar-refractivity contribution < 1.29 is 33.1 Å². The highest BCUT2D eigenvalue weighted by atomic mass is 33.1. The zero-order valence-electron chi connectivity index (χ0n) is 17.1. The molecule has 31 heavy (non-hydrogen) atoms. The van der Waals surface area contributed by atoms with Crippen molar-refractivity contribution in [2.75, 3.05) is 44.2 Å². The third-order valence-electron chi connectivity index (χ3n) is 4.43. The van der Waals surface area contributed by atoms with Crippen LogP contribution < -0.4 is 10.5 Å². The van der Waals surface area contributed by atoms with Gasteiger partial charge in [0.05, 0.1) is 39.4 Å². The number of ether oxygens (including phenoxy) is 2. The molecule has 0 aliphatic carbocycles. The van der Waals surface area contributed by atoms with E-state index in [2.05, 4.69) is 15.0 Å². The number of nitrogen functional groups attached to an aromatic ring is 1. The molecular weight excluding hydrogens is 469 g/mol. The van der Waals surface area contributed by atoms with Gasteiger partial charge >= 0.3 is 7.82 Å². The maximum Gasteiger partial charge on any atom is 0.472 e. The van der Waals surface area contributed by atoms with Gasteiger partial charge in [0.15, 0.2) is 11.2 Å². The van der Waals surface area contributed by atoms with Crippen LogP contribution in [0.3, 0.4) is 0 Å². The van der Waals surface area contributed by atoms with E-state index in [0.29, 0.717) is 29.1 Å². The summed E-state index contributed by atoms with van der Waals surface area (Å²) >= 11 is 0. The van der Waals surface area contributed by atoms with Gasteiger partial charge in [-0.15, -0.1) is 0 Å². The molecule has 3 heterocycles. The van der Waals surface area contributed by atoms with Gasteiger partial charge in [-0.25, -0.2) is 9.55 Å². The van der Waals surface area contributed by atoms with Crippen LogP contribution in [0.1, 0.15) is 19.6 Å². The van der Waals surface area contributed by atoms with Crippen LogP contribution in [0.2, 0.25) is 0 Å². The first-order chi connectivity index (χ1) is 14.8. The van der Waals surface area contributed by atoms with E-state index in [1.54, 1.807) is 10.9 Å². The van der Waals surface area contributed by atoms with Gasteiger partial charge < -0.3 is 25.2 Å². The number of nitrogens with zero attached hydrogens (tertiary/aromatic N) is 4. The smallest absolute Gasteiger partial charge is 0.472 e. The third-order valence-corrected chi connectivity index (χ3v) is 7.76. The Morgan fingerprint density at radius 3 is 2.87 bits per heavy atom. The predicted molar refractivity (Wildman–Crippen MR) is 118 cm³/mol. The molecule has 2 aromatic heterocycles. The van der Waals surface area contributed by atoms with Crippen LogP contribution in [0.15, 0.2) is 6.33 Å². The highest BCUT2D eigenvalue weighted by molar-refractivity contribution is 8.76. The van der Waals surface area contributed by atoms with E-state index in [1.165, 1.54) is 28.7 Å². The zero-order chi connectivity index (χ0) is 22.4. The number of phosphoric acid groups is 1. The Balaban J connectivity index is 1.55. The molecule has 4 unspecified atom stereocenters. The summed E-state index contributed by atoms with van der Waals surface area (Å²) in [6, 6.07) is 0. The Morgan fingerprint density at radius 2 is 2.13 bits per heavy atom. The Labute approximate surface area is 187 Å². The molecule has 0 bridgehead atoms. The number of phosphoric ester groups is 1. The fraction of sp³-hybridized carbons (Fsp3) is 0.688. The zero-order valence-corrected chi connectivity index (χ0v) is 19.6. The largest absolute Gasteiger partial charge is 0.479 e. The summed E-state index contributed by atoms with van der Waals surface area (Å²) in [5.74, 6) is 1.49. The number of aliphatic hydroxyl groups is 1. The van der Waals surface area contributed by atoms with Crippen LogP contribution in [0.4, 0.5) is 5.95 Å². The summed E-state index contributed by atoms with van der Waals surface area (Å²) in [7, 11) is 0.206. The maximum atomic E-state index is 12.1. The summed E-state index contributed by atoms with van der Waals surface area (Å²) in [6.45, 7) is 2.05. The highest BCUT2D eigenvalue weighted by Gasteiger charge is 2.36. The number of aromatic nitrogens is 4. The lowest BCUT2D eigenvalue weighted by atomic mass is 10.1. The van der Waals surface area contributed by atoms with Crippen molar-refractivity contribution in [1.82, 2.24) is 19.5 Å². The van der Waals surface area contributed by atoms with E-state index in [9.17, 15) is 9.46 Å². The Morgan fingerprint density at radius 1 is 1.35 bits per heavy atom. The second-order valence-electron chi connectivity index (χ2n) is 6.74. The number of anilines is 1. The number of methoxy groups -OCH3 is 1. The van der Waals surface area contributed by atoms with Gasteiger partial charge in [-0.1, -0.05) is 28.5 Å². The lowest BCUT2D eigenvalue weighted by Crippen LogP contribution is -2.17. The Kier molecular flexibility index (Phi) is 8.82. The maximum absolute atomic E-state index is 12.1. The van der Waals surface area contributed by atoms with Gasteiger partial charge in [0.2, 0.25) is 11.8 Å². The minimum Gasteiger partial charge on any atom is -0.479 e. The summed E-state index contributed by atoms with van der Waals surface area (Å²) < 4.78 is 35.2. The number of aliphatic hydroxyl groups excluding tert-OH is 1. The van der Waals surface area contributed by atoms with Crippen LogP contribution in [-0.2, 0) is 18.3 Å². The summed E-state index contributed by atoms with van der Waals surface area (Å²) in [6.07, 6.45) is 1.38. The number of fused-ring (bicyclic) bond motifs is 1. The van der Waals surface area contributed by atoms with Crippen molar-refractivity contribution in [3.05, 3.63) is 6.33 Å². The second kappa shape index (κ2) is 11.1. The molecule has 12 nitrogen and oxygen atoms in total. The van der Waals surface area contributed by atoms with Gasteiger partial charge in [-0.3, -0.25) is 13.6 Å². The Hall–Kier alpha value is -1.12. The number of imidazole rings is 1. The van der Waals surface area contributed by atoms with Crippen molar-refractivity contribution in [2.45, 2.75) is 25.7 Å². The first kappa shape index (κ1) is 24.5. The first-order valence-electron chi connectivity index (χ1n) is 9.51. The van der Waals surface area contributed by atoms with Crippen LogP contribution in [0, 0.1) is 5.92 Å². The van der Waals surface area contributed by atoms with E-state index in [0.717, 1.165) is 0 Å². The molecule has 0 amide bonds. The topological polar surface area (TPSA) is 164 Å². The van der Waals surface area contributed by atoms with E-state index >= 15 is 0 Å². The molecule has 1 aliphatic heterocycles. The number of hydrogen-bond donors (Lipinski definition) is 3. The van der Waals surface area contributed by atoms with Crippen molar-refractivity contribution in [2.24, 2.45) is 5.92 Å². The number of nitrogens with two attached hydrogens (primary N) is 1. The number of hydrogen-bond acceptors (Lipinski definition) is 12. The van der Waals surface area contributed by atoms with Gasteiger partial charge in [0, 0.05) is 17.4 Å². The highest BCUT2D eigenvalue weighted by Crippen LogP contribution is 2.45. The predicted octanol–water partition coefficient (Wildman–Crippen LogP) is 1.85. The minimum atomic E-state index is -4.18. The summed E-state index contributed by atoms with van der Waals surface area (Å²) in [5.41, 5.74) is 6.72. The molecular formula is C16H26N5O7PS2. The van der Waals surface area contributed by atoms with Crippen molar-refractivity contribution in [1.29, 1.82) is 0 Å². The van der Waals surface area contributed by atoms with Crippen LogP contribution in [-0.4, -0.2) is 74.1 Å². The molecule has 0 spiro atoms. The average molecular weight is 496 g/mol. The third kappa shape index (κ3) is 6.45. The molecule has 1 fully saturated rings. The quantitative estimate of drug-likeness (QED) is 0.222. The fourth-order valence-electron chi connectivity index (χ4n) is 3.16. The second-order valence-corrected chi connectivity index (χ2v) is 10.9. The molecule has 0 saturated carbocycles. The first-order valence-corrected chi connectivity index (χ1v) is 13.5. The standard InChI is InChI=1S/C16H26N5O7PS2/c1-10-7-11(8-27-29(23,24)26-4-6-31-30-5-3-22)28-15(10)21-9-18-12-13(21)19-16(17)20-14(12)25-2/h9-11,15,22H,3-8H2,1-2H3,(H,23,24)(H2,17,19,20). The fourth-order valence-corrected chi connectivity index (χ4v) is 5.63. The Bertz CT molecular complexity index is 920. The average Bonchev–Trinajstić information content (AvgIpc) is 3.31. The molecule has 15 heteroatoms. The molecule has 1 aliphatic rings. The van der Waals surface area contributed by atoms with Crippen molar-refractivity contribution >= 4 is 46.5 Å². The van der Waals surface area contributed by atoms with Crippen molar-refractivity contribution in [3.8, 4) is 5.88 Å². The molecule has 174 valence electrons. The molecule has 4 N–H and O–H groups in total. The van der Waals surface area contributed by atoms with Crippen LogP contribution >= 0.6 is 29.4 Å². The van der Waals surface area contributed by atoms with Crippen molar-refractivity contribution in [3.63, 3.8) is 0 Å². The molecule has 0 radical (unpaired) electrons. The molecule has 4 atom stereocenters. The number of rotatable bonds is 12. The van der Waals surface area contributed by atoms with E-state index in [4.69, 9.17) is 29.4 Å². The minimum absolute atomic E-state index is 0.0583. The van der Waals surface area contributed by atoms with Gasteiger partial charge in [0.25, 0.3) is 0 Å². The van der Waals surface area contributed by atoms with Gasteiger partial charge in [-0.2, -0.15) is 9.97 Å². The molecule has 1 saturated heterocycles. The van der Waals surface area contributed by atoms with Crippen LogP contribution in [0.5, 0.6) is 5.88 Å². The summed E-state index contributed by atoms with van der Waals surface area (Å²) in [4.78, 5) is 22.4. The van der Waals surface area contributed by atoms with Gasteiger partial charge in [0.1, 0.15) is 6.23 Å². The lowest BCUT2D eigenvalue weighted by molar-refractivity contribution is -0.0303. The molecule has 2 aromatic rings. The molecule has 0 aromatic carbocycles. The summed E-state index contributed by atoms with van der Waals surface area (Å²) in [5, 5.41) is 8.71. The SMILES string of the molecule is COc1nc(N)nc2c1ncn2C1OC(COP(=O)(O)OCCSSCCO)CC1C. The van der Waals surface area contributed by atoms with E-state index in [1.807, 2.05) is 6.92 Å². The monoisotopic (exact) mass is 495 g/mol. The van der Waals surface area contributed by atoms with E-state index < -0.39 is 20.2 Å². The lowest BCUT2D eigenvalue weighted by Gasteiger charge is -2.18. The normalized spacial score (nSPS) is 23.3. The van der Waals surface area contributed by atoms with Crippen LogP contribution in [0.25, 0.3) is 11.2 Å². The van der Waals surface area contributed by atoms with E-state index in [-0.39, 0.29) is 37.6 Å².